The molecule has 3 nitrogen and oxygen atoms in total. The summed E-state index contributed by atoms with van der Waals surface area (Å²) in [5.74, 6) is -4.57. The van der Waals surface area contributed by atoms with E-state index in [1.54, 1.807) is 0 Å². The summed E-state index contributed by atoms with van der Waals surface area (Å²) in [4.78, 5) is 0. The molecule has 0 atom stereocenters. The minimum Gasteiger partial charge on any atom is -0.456 e. The molecule has 1 N–H and O–H groups in total. The van der Waals surface area contributed by atoms with Gasteiger partial charge in [-0.15, -0.1) is 0 Å². The summed E-state index contributed by atoms with van der Waals surface area (Å²) in [7, 11) is 0. The number of rotatable bonds is 3. The van der Waals surface area contributed by atoms with Crippen LogP contribution in [0.25, 0.3) is 0 Å². The van der Waals surface area contributed by atoms with E-state index in [1.807, 2.05) is 6.07 Å². The van der Waals surface area contributed by atoms with Gasteiger partial charge < -0.3 is 9.84 Å². The normalized spacial score (nSPS) is 10.2. The highest BCUT2D eigenvalue weighted by atomic mass is 19.2. The van der Waals surface area contributed by atoms with E-state index in [0.29, 0.717) is 17.7 Å². The van der Waals surface area contributed by atoms with Gasteiger partial charge in [0, 0.05) is 12.1 Å². The van der Waals surface area contributed by atoms with E-state index in [1.165, 1.54) is 18.2 Å². The fourth-order valence-corrected chi connectivity index (χ4v) is 1.57. The molecule has 0 radical (unpaired) electrons. The molecule has 102 valence electrons. The Kier molecular flexibility index (Phi) is 3.91. The first-order valence-corrected chi connectivity index (χ1v) is 5.51. The second-order valence-electron chi connectivity index (χ2n) is 3.90. The molecule has 0 amide bonds. The Hall–Kier alpha value is -2.52. The number of halogens is 3. The van der Waals surface area contributed by atoms with Crippen molar-refractivity contribution in [3.63, 3.8) is 0 Å². The Labute approximate surface area is 112 Å². The van der Waals surface area contributed by atoms with Gasteiger partial charge in [-0.1, -0.05) is 6.07 Å². The van der Waals surface area contributed by atoms with Crippen molar-refractivity contribution >= 4 is 0 Å². The summed E-state index contributed by atoms with van der Waals surface area (Å²) in [6.07, 6.45) is 0. The number of hydrogen-bond acceptors (Lipinski definition) is 3. The lowest BCUT2D eigenvalue weighted by atomic mass is 10.1. The lowest BCUT2D eigenvalue weighted by Gasteiger charge is -2.09. The minimum absolute atomic E-state index is 0.0510. The number of nitrogens with zero attached hydrogens (tertiary/aromatic N) is 1. The number of aliphatic hydroxyl groups excluding tert-OH is 1. The molecule has 0 saturated heterocycles. The zero-order valence-electron chi connectivity index (χ0n) is 10.0. The van der Waals surface area contributed by atoms with Crippen LogP contribution >= 0.6 is 0 Å². The fraction of sp³-hybridized carbons (Fsp3) is 0.0714. The number of aliphatic hydroxyl groups is 1. The summed E-state index contributed by atoms with van der Waals surface area (Å²) < 4.78 is 44.1. The van der Waals surface area contributed by atoms with Gasteiger partial charge in [0.05, 0.1) is 12.2 Å². The molecule has 2 rings (SSSR count). The van der Waals surface area contributed by atoms with E-state index >= 15 is 0 Å². The average molecular weight is 279 g/mol. The number of nitriles is 1. The van der Waals surface area contributed by atoms with Crippen molar-refractivity contribution in [2.24, 2.45) is 0 Å². The van der Waals surface area contributed by atoms with Crippen LogP contribution in [0.5, 0.6) is 11.5 Å². The van der Waals surface area contributed by atoms with Crippen LogP contribution in [0.15, 0.2) is 30.3 Å². The van der Waals surface area contributed by atoms with E-state index in [2.05, 4.69) is 0 Å². The van der Waals surface area contributed by atoms with Gasteiger partial charge in [-0.05, 0) is 17.7 Å². The Bertz CT molecular complexity index is 672. The smallest absolute Gasteiger partial charge is 0.194 e. The van der Waals surface area contributed by atoms with Gasteiger partial charge in [0.1, 0.15) is 17.6 Å². The Balaban J connectivity index is 2.38. The first-order valence-electron chi connectivity index (χ1n) is 5.51. The molecule has 0 heterocycles. The van der Waals surface area contributed by atoms with E-state index in [9.17, 15) is 13.2 Å². The average Bonchev–Trinajstić information content (AvgIpc) is 2.45. The highest BCUT2D eigenvalue weighted by molar-refractivity contribution is 5.47. The minimum atomic E-state index is -1.59. The van der Waals surface area contributed by atoms with Crippen molar-refractivity contribution in [1.82, 2.24) is 0 Å². The zero-order chi connectivity index (χ0) is 14.7. The third-order valence-corrected chi connectivity index (χ3v) is 2.53. The first kappa shape index (κ1) is 13.9. The molecule has 0 spiro atoms. The highest BCUT2D eigenvalue weighted by Gasteiger charge is 2.13. The molecule has 0 aromatic heterocycles. The molecule has 0 saturated carbocycles. The fourth-order valence-electron chi connectivity index (χ4n) is 1.57. The van der Waals surface area contributed by atoms with Gasteiger partial charge in [0.2, 0.25) is 0 Å². The van der Waals surface area contributed by atoms with Crippen LogP contribution in [0.4, 0.5) is 13.2 Å². The monoisotopic (exact) mass is 279 g/mol. The van der Waals surface area contributed by atoms with Crippen LogP contribution in [0.3, 0.4) is 0 Å². The van der Waals surface area contributed by atoms with Gasteiger partial charge in [-0.2, -0.15) is 5.26 Å². The predicted molar refractivity (Wildman–Crippen MR) is 63.5 cm³/mol. The van der Waals surface area contributed by atoms with E-state index in [4.69, 9.17) is 15.1 Å². The maximum atomic E-state index is 13.1. The molecule has 0 unspecified atom stereocenters. The quantitative estimate of drug-likeness (QED) is 0.877. The molecule has 2 aromatic carbocycles. The van der Waals surface area contributed by atoms with Crippen LogP contribution in [-0.4, -0.2) is 5.11 Å². The van der Waals surface area contributed by atoms with E-state index < -0.39 is 17.5 Å². The molecule has 6 heteroatoms. The maximum Gasteiger partial charge on any atom is 0.194 e. The van der Waals surface area contributed by atoms with Crippen molar-refractivity contribution in [3.8, 4) is 17.6 Å². The summed E-state index contributed by atoms with van der Waals surface area (Å²) >= 11 is 0. The van der Waals surface area contributed by atoms with Crippen LogP contribution in [0.1, 0.15) is 11.1 Å². The van der Waals surface area contributed by atoms with E-state index in [0.717, 1.165) is 0 Å². The van der Waals surface area contributed by atoms with Crippen molar-refractivity contribution in [1.29, 1.82) is 5.26 Å². The molecule has 2 aromatic rings. The molecule has 0 aliphatic carbocycles. The zero-order valence-corrected chi connectivity index (χ0v) is 10.0. The largest absolute Gasteiger partial charge is 0.456 e. The maximum absolute atomic E-state index is 13.1. The molecule has 0 aliphatic rings. The predicted octanol–water partition coefficient (Wildman–Crippen LogP) is 3.26. The lowest BCUT2D eigenvalue weighted by Crippen LogP contribution is -1.95. The first-order chi connectivity index (χ1) is 9.55. The van der Waals surface area contributed by atoms with Gasteiger partial charge in [-0.3, -0.25) is 0 Å². The third-order valence-electron chi connectivity index (χ3n) is 2.53. The molecule has 0 bridgehead atoms. The topological polar surface area (TPSA) is 53.2 Å². The Morgan fingerprint density at radius 2 is 1.75 bits per heavy atom. The van der Waals surface area contributed by atoms with Crippen molar-refractivity contribution in [2.75, 3.05) is 0 Å². The van der Waals surface area contributed by atoms with E-state index in [-0.39, 0.29) is 23.7 Å². The summed E-state index contributed by atoms with van der Waals surface area (Å²) in [5.41, 5.74) is 0.576. The van der Waals surface area contributed by atoms with Crippen molar-refractivity contribution in [2.45, 2.75) is 6.61 Å². The van der Waals surface area contributed by atoms with Gasteiger partial charge >= 0.3 is 0 Å². The van der Waals surface area contributed by atoms with Crippen molar-refractivity contribution < 1.29 is 23.0 Å². The molecular formula is C14H8F3NO2. The second-order valence-corrected chi connectivity index (χ2v) is 3.90. The molecule has 0 aliphatic heterocycles. The van der Waals surface area contributed by atoms with Gasteiger partial charge in [0.15, 0.2) is 17.5 Å². The molecule has 20 heavy (non-hydrogen) atoms. The molecule has 0 fully saturated rings. The lowest BCUT2D eigenvalue weighted by molar-refractivity contribution is 0.281. The number of ether oxygens (including phenoxy) is 1. The van der Waals surface area contributed by atoms with Crippen LogP contribution in [0, 0.1) is 28.8 Å². The van der Waals surface area contributed by atoms with Crippen molar-refractivity contribution in [3.05, 3.63) is 58.9 Å². The van der Waals surface area contributed by atoms with Gasteiger partial charge in [0.25, 0.3) is 0 Å². The highest BCUT2D eigenvalue weighted by Crippen LogP contribution is 2.28. The summed E-state index contributed by atoms with van der Waals surface area (Å²) in [6, 6.07) is 7.44. The summed E-state index contributed by atoms with van der Waals surface area (Å²) in [5, 5.41) is 17.9. The van der Waals surface area contributed by atoms with Crippen LogP contribution in [0.2, 0.25) is 0 Å². The standard InChI is InChI=1S/C14H8F3NO2/c15-11-4-10(5-12(16)14(11)17)20-13-2-1-8(7-19)3-9(13)6-18/h1-5,19H,7H2. The SMILES string of the molecule is N#Cc1cc(CO)ccc1Oc1cc(F)c(F)c(F)c1. The number of hydrogen-bond donors (Lipinski definition) is 1. The Morgan fingerprint density at radius 3 is 2.30 bits per heavy atom. The second kappa shape index (κ2) is 5.63. The summed E-state index contributed by atoms with van der Waals surface area (Å²) in [6.45, 7) is -0.255. The third kappa shape index (κ3) is 2.73. The Morgan fingerprint density at radius 1 is 1.10 bits per heavy atom. The van der Waals surface area contributed by atoms with Crippen LogP contribution < -0.4 is 4.74 Å². The van der Waals surface area contributed by atoms with Gasteiger partial charge in [-0.25, -0.2) is 13.2 Å². The number of benzene rings is 2. The van der Waals surface area contributed by atoms with Crippen LogP contribution in [-0.2, 0) is 6.61 Å². The molecular weight excluding hydrogens is 271 g/mol.